The van der Waals surface area contributed by atoms with Crippen LogP contribution in [-0.4, -0.2) is 20.4 Å². The van der Waals surface area contributed by atoms with Crippen molar-refractivity contribution in [1.29, 1.82) is 0 Å². The van der Waals surface area contributed by atoms with Crippen molar-refractivity contribution in [1.82, 2.24) is 14.6 Å². The lowest BCUT2D eigenvalue weighted by atomic mass is 10.1. The third kappa shape index (κ3) is 1.63. The molecule has 0 saturated carbocycles. The summed E-state index contributed by atoms with van der Waals surface area (Å²) in [5, 5.41) is 3.18. The van der Waals surface area contributed by atoms with Gasteiger partial charge < -0.3 is 0 Å². The maximum atomic E-state index is 12.4. The molecule has 0 fully saturated rings. The number of fused-ring (bicyclic) bond motifs is 2. The first-order valence-corrected chi connectivity index (χ1v) is 7.56. The molecule has 1 aliphatic heterocycles. The Hall–Kier alpha value is -2.01. The molecule has 4 nitrogen and oxygen atoms in total. The van der Waals surface area contributed by atoms with Gasteiger partial charge in [-0.05, 0) is 12.5 Å². The van der Waals surface area contributed by atoms with Gasteiger partial charge in [0, 0.05) is 23.8 Å². The van der Waals surface area contributed by atoms with Crippen LogP contribution in [0.15, 0.2) is 40.0 Å². The maximum absolute atomic E-state index is 12.4. The quantitative estimate of drug-likeness (QED) is 0.747. The smallest absolute Gasteiger partial charge is 0.286 e. The SMILES string of the molecule is Cc1ccccc1-c1cc2nc3c(c(=O)n2[nH]1)SCC3. The summed E-state index contributed by atoms with van der Waals surface area (Å²) in [6, 6.07) is 10.1. The predicted molar refractivity (Wildman–Crippen MR) is 80.4 cm³/mol. The van der Waals surface area contributed by atoms with E-state index in [1.807, 2.05) is 24.3 Å². The average Bonchev–Trinajstić information content (AvgIpc) is 3.06. The Morgan fingerprint density at radius 2 is 2.20 bits per heavy atom. The van der Waals surface area contributed by atoms with E-state index in [9.17, 15) is 4.79 Å². The molecular weight excluding hydrogens is 270 g/mol. The molecule has 0 aliphatic carbocycles. The number of nitrogens with one attached hydrogen (secondary N) is 1. The molecule has 1 aromatic carbocycles. The van der Waals surface area contributed by atoms with Gasteiger partial charge in [-0.2, -0.15) is 0 Å². The molecule has 100 valence electrons. The molecule has 0 spiro atoms. The highest BCUT2D eigenvalue weighted by molar-refractivity contribution is 7.99. The number of thioether (sulfide) groups is 1. The molecule has 0 radical (unpaired) electrons. The number of nitrogens with zero attached hydrogens (tertiary/aromatic N) is 2. The molecule has 2 aromatic heterocycles. The molecule has 0 unspecified atom stereocenters. The van der Waals surface area contributed by atoms with Crippen LogP contribution in [-0.2, 0) is 6.42 Å². The highest BCUT2D eigenvalue weighted by atomic mass is 32.2. The average molecular weight is 283 g/mol. The van der Waals surface area contributed by atoms with Gasteiger partial charge in [-0.3, -0.25) is 9.89 Å². The zero-order valence-corrected chi connectivity index (χ0v) is 11.8. The first-order valence-electron chi connectivity index (χ1n) is 6.57. The summed E-state index contributed by atoms with van der Waals surface area (Å²) in [5.74, 6) is 0.954. The number of hydrogen-bond acceptors (Lipinski definition) is 3. The van der Waals surface area contributed by atoms with Gasteiger partial charge in [0.05, 0.1) is 16.3 Å². The number of rotatable bonds is 1. The van der Waals surface area contributed by atoms with Crippen molar-refractivity contribution in [2.45, 2.75) is 18.2 Å². The minimum atomic E-state index is 0.0207. The summed E-state index contributed by atoms with van der Waals surface area (Å²) in [6.07, 6.45) is 0.886. The van der Waals surface area contributed by atoms with Crippen molar-refractivity contribution in [2.24, 2.45) is 0 Å². The van der Waals surface area contributed by atoms with Crippen molar-refractivity contribution >= 4 is 17.4 Å². The van der Waals surface area contributed by atoms with E-state index in [1.54, 1.807) is 16.3 Å². The Kier molecular flexibility index (Phi) is 2.50. The Morgan fingerprint density at radius 1 is 1.35 bits per heavy atom. The second kappa shape index (κ2) is 4.24. The van der Waals surface area contributed by atoms with E-state index in [-0.39, 0.29) is 5.56 Å². The summed E-state index contributed by atoms with van der Waals surface area (Å²) < 4.78 is 1.55. The highest BCUT2D eigenvalue weighted by Crippen LogP contribution is 2.28. The van der Waals surface area contributed by atoms with Gasteiger partial charge in [0.25, 0.3) is 5.56 Å². The van der Waals surface area contributed by atoms with E-state index >= 15 is 0 Å². The van der Waals surface area contributed by atoms with E-state index in [0.29, 0.717) is 5.65 Å². The van der Waals surface area contributed by atoms with Gasteiger partial charge in [-0.1, -0.05) is 24.3 Å². The van der Waals surface area contributed by atoms with Gasteiger partial charge in [0.1, 0.15) is 0 Å². The fourth-order valence-corrected chi connectivity index (χ4v) is 3.66. The number of aromatic nitrogens is 3. The van der Waals surface area contributed by atoms with Crippen LogP contribution >= 0.6 is 11.8 Å². The third-order valence-corrected chi connectivity index (χ3v) is 4.77. The van der Waals surface area contributed by atoms with Crippen molar-refractivity contribution in [3.8, 4) is 11.3 Å². The Morgan fingerprint density at radius 3 is 3.05 bits per heavy atom. The van der Waals surface area contributed by atoms with Crippen LogP contribution in [0.5, 0.6) is 0 Å². The molecule has 1 aliphatic rings. The minimum absolute atomic E-state index is 0.0207. The lowest BCUT2D eigenvalue weighted by Gasteiger charge is -2.01. The highest BCUT2D eigenvalue weighted by Gasteiger charge is 2.20. The zero-order valence-electron chi connectivity index (χ0n) is 11.0. The van der Waals surface area contributed by atoms with Crippen LogP contribution in [0.25, 0.3) is 16.9 Å². The van der Waals surface area contributed by atoms with Crippen LogP contribution in [0.4, 0.5) is 0 Å². The molecule has 0 saturated heterocycles. The fourth-order valence-electron chi connectivity index (χ4n) is 2.63. The van der Waals surface area contributed by atoms with Gasteiger partial charge >= 0.3 is 0 Å². The molecule has 0 amide bonds. The van der Waals surface area contributed by atoms with Crippen molar-refractivity contribution in [3.63, 3.8) is 0 Å². The summed E-state index contributed by atoms with van der Waals surface area (Å²) >= 11 is 1.60. The van der Waals surface area contributed by atoms with Crippen molar-refractivity contribution in [3.05, 3.63) is 51.9 Å². The lowest BCUT2D eigenvalue weighted by molar-refractivity contribution is 0.846. The molecular formula is C15H13N3OS. The maximum Gasteiger partial charge on any atom is 0.286 e. The van der Waals surface area contributed by atoms with Gasteiger partial charge in [-0.15, -0.1) is 11.8 Å². The first-order chi connectivity index (χ1) is 9.74. The Bertz CT molecular complexity index is 878. The van der Waals surface area contributed by atoms with Crippen LogP contribution in [0.2, 0.25) is 0 Å². The first kappa shape index (κ1) is 11.8. The summed E-state index contributed by atoms with van der Waals surface area (Å²) in [7, 11) is 0. The number of hydrogen-bond donors (Lipinski definition) is 1. The van der Waals surface area contributed by atoms with Crippen molar-refractivity contribution in [2.75, 3.05) is 5.75 Å². The number of benzene rings is 1. The second-order valence-corrected chi connectivity index (χ2v) is 6.07. The lowest BCUT2D eigenvalue weighted by Crippen LogP contribution is -2.17. The van der Waals surface area contributed by atoms with E-state index in [2.05, 4.69) is 23.1 Å². The van der Waals surface area contributed by atoms with E-state index in [0.717, 1.165) is 34.0 Å². The summed E-state index contributed by atoms with van der Waals surface area (Å²) in [5.41, 5.74) is 4.87. The molecule has 0 bridgehead atoms. The van der Waals surface area contributed by atoms with Gasteiger partial charge in [-0.25, -0.2) is 9.50 Å². The predicted octanol–water partition coefficient (Wildman–Crippen LogP) is 2.65. The van der Waals surface area contributed by atoms with Crippen LogP contribution in [0, 0.1) is 6.92 Å². The Labute approximate surface area is 119 Å². The monoisotopic (exact) mass is 283 g/mol. The zero-order chi connectivity index (χ0) is 13.7. The molecule has 3 aromatic rings. The molecule has 0 atom stereocenters. The summed E-state index contributed by atoms with van der Waals surface area (Å²) in [4.78, 5) is 17.8. The number of H-pyrrole nitrogens is 1. The topological polar surface area (TPSA) is 50.2 Å². The standard InChI is InChI=1S/C15H13N3OS/c1-9-4-2-3-5-10(9)12-8-13-16-11-6-7-20-14(11)15(19)18(13)17-12/h2-5,8,17H,6-7H2,1H3. The summed E-state index contributed by atoms with van der Waals surface area (Å²) in [6.45, 7) is 2.06. The normalized spacial score (nSPS) is 13.8. The minimum Gasteiger partial charge on any atom is -0.289 e. The third-order valence-electron chi connectivity index (χ3n) is 3.66. The fraction of sp³-hybridized carbons (Fsp3) is 0.200. The van der Waals surface area contributed by atoms with Gasteiger partial charge in [0.2, 0.25) is 0 Å². The molecule has 4 rings (SSSR count). The second-order valence-electron chi connectivity index (χ2n) is 4.97. The molecule has 5 heteroatoms. The van der Waals surface area contributed by atoms with E-state index < -0.39 is 0 Å². The number of aryl methyl sites for hydroxylation is 2. The van der Waals surface area contributed by atoms with Crippen LogP contribution in [0.3, 0.4) is 0 Å². The molecule has 20 heavy (non-hydrogen) atoms. The molecule has 3 heterocycles. The largest absolute Gasteiger partial charge is 0.289 e. The van der Waals surface area contributed by atoms with E-state index in [1.165, 1.54) is 5.56 Å². The molecule has 1 N–H and O–H groups in total. The van der Waals surface area contributed by atoms with Crippen molar-refractivity contribution < 1.29 is 0 Å². The number of aromatic amines is 1. The van der Waals surface area contributed by atoms with E-state index in [4.69, 9.17) is 0 Å². The van der Waals surface area contributed by atoms with Crippen LogP contribution in [0.1, 0.15) is 11.3 Å². The Balaban J connectivity index is 1.99. The van der Waals surface area contributed by atoms with Gasteiger partial charge in [0.15, 0.2) is 5.65 Å². The van der Waals surface area contributed by atoms with Crippen LogP contribution < -0.4 is 5.56 Å².